The van der Waals surface area contributed by atoms with Crippen LogP contribution in [-0.2, 0) is 14.3 Å². The first-order valence-corrected chi connectivity index (χ1v) is 7.37. The van der Waals surface area contributed by atoms with Crippen molar-refractivity contribution in [2.24, 2.45) is 11.3 Å². The lowest BCUT2D eigenvalue weighted by molar-refractivity contribution is -0.138. The highest BCUT2D eigenvalue weighted by atomic mass is 16.5. The minimum atomic E-state index is -0.612. The highest BCUT2D eigenvalue weighted by molar-refractivity contribution is 6.08. The Bertz CT molecular complexity index is 426. The van der Waals surface area contributed by atoms with E-state index < -0.39 is 11.4 Å². The fourth-order valence-electron chi connectivity index (χ4n) is 1.27. The smallest absolute Gasteiger partial charge is 0.345 e. The van der Waals surface area contributed by atoms with E-state index in [2.05, 4.69) is 5.32 Å². The van der Waals surface area contributed by atoms with Gasteiger partial charge in [-0.1, -0.05) is 33.8 Å². The summed E-state index contributed by atoms with van der Waals surface area (Å²) in [5, 5.41) is 19.5. The fraction of sp³-hybridized carbons (Fsp3) is 0.625. The van der Waals surface area contributed by atoms with Crippen molar-refractivity contribution in [3.05, 3.63) is 23.7 Å². The van der Waals surface area contributed by atoms with Gasteiger partial charge in [0.1, 0.15) is 5.57 Å². The number of carbonyl (C=O) groups is 1. The second kappa shape index (κ2) is 10.00. The molecule has 0 aromatic carbocycles. The van der Waals surface area contributed by atoms with Gasteiger partial charge in [0.15, 0.2) is 0 Å². The van der Waals surface area contributed by atoms with E-state index in [0.717, 1.165) is 6.21 Å². The monoisotopic (exact) mass is 312 g/mol. The van der Waals surface area contributed by atoms with Gasteiger partial charge in [-0.15, -0.1) is 0 Å². The van der Waals surface area contributed by atoms with Gasteiger partial charge in [-0.25, -0.2) is 4.79 Å². The summed E-state index contributed by atoms with van der Waals surface area (Å²) in [6.07, 6.45) is 4.26. The molecule has 3 N–H and O–H groups in total. The second-order valence-corrected chi connectivity index (χ2v) is 5.94. The maximum absolute atomic E-state index is 11.9. The third kappa shape index (κ3) is 7.83. The van der Waals surface area contributed by atoms with E-state index in [1.807, 2.05) is 27.7 Å². The first-order chi connectivity index (χ1) is 10.3. The maximum Gasteiger partial charge on any atom is 0.345 e. The van der Waals surface area contributed by atoms with Crippen LogP contribution in [0.4, 0.5) is 0 Å². The number of hydrogen-bond acceptors (Lipinski definition) is 6. The summed E-state index contributed by atoms with van der Waals surface area (Å²) in [5.74, 6) is -0.172. The number of aliphatic hydroxyl groups excluding tert-OH is 1. The Balaban J connectivity index is 5.24. The first-order valence-electron chi connectivity index (χ1n) is 7.37. The van der Waals surface area contributed by atoms with Gasteiger partial charge in [0.2, 0.25) is 5.88 Å². The molecule has 0 radical (unpaired) electrons. The summed E-state index contributed by atoms with van der Waals surface area (Å²) >= 11 is 0. The summed E-state index contributed by atoms with van der Waals surface area (Å²) in [4.78, 5) is 11.9. The van der Waals surface area contributed by atoms with Crippen LogP contribution < -0.4 is 5.32 Å². The van der Waals surface area contributed by atoms with Gasteiger partial charge in [-0.2, -0.15) is 0 Å². The standard InChI is InChI=1S/C16H28N2O4/c1-6-21-15(20)13(9-17)14(22-10-12(2)3)18-8-7-16(4,5)11-19/h7-9,12,17-19H,6,10-11H2,1-5H3/b8-7+,14-13-,17-9?. The fourth-order valence-corrected chi connectivity index (χ4v) is 1.27. The van der Waals surface area contributed by atoms with Crippen molar-refractivity contribution < 1.29 is 19.4 Å². The molecule has 0 aromatic heterocycles. The topological polar surface area (TPSA) is 91.6 Å². The molecule has 126 valence electrons. The van der Waals surface area contributed by atoms with Crippen molar-refractivity contribution in [1.82, 2.24) is 5.32 Å². The molecule has 0 aromatic rings. The molecule has 0 bridgehead atoms. The summed E-state index contributed by atoms with van der Waals surface area (Å²) in [7, 11) is 0. The van der Waals surface area contributed by atoms with Crippen LogP contribution in [0.5, 0.6) is 0 Å². The maximum atomic E-state index is 11.9. The molecule has 0 aliphatic rings. The Morgan fingerprint density at radius 3 is 2.45 bits per heavy atom. The van der Waals surface area contributed by atoms with Crippen molar-refractivity contribution in [2.45, 2.75) is 34.6 Å². The number of esters is 1. The van der Waals surface area contributed by atoms with Gasteiger partial charge in [0.05, 0.1) is 19.8 Å². The summed E-state index contributed by atoms with van der Waals surface area (Å²) in [6.45, 7) is 10.0. The molecule has 0 spiro atoms. The summed E-state index contributed by atoms with van der Waals surface area (Å²) in [5.41, 5.74) is -0.376. The molecule has 6 nitrogen and oxygen atoms in total. The van der Waals surface area contributed by atoms with Crippen LogP contribution in [0.25, 0.3) is 0 Å². The lowest BCUT2D eigenvalue weighted by Gasteiger charge is -2.18. The van der Waals surface area contributed by atoms with Crippen LogP contribution in [0.1, 0.15) is 34.6 Å². The van der Waals surface area contributed by atoms with Crippen LogP contribution in [0.2, 0.25) is 0 Å². The third-order valence-electron chi connectivity index (χ3n) is 2.60. The van der Waals surface area contributed by atoms with Crippen LogP contribution in [0.15, 0.2) is 23.7 Å². The molecule has 22 heavy (non-hydrogen) atoms. The predicted molar refractivity (Wildman–Crippen MR) is 86.4 cm³/mol. The van der Waals surface area contributed by atoms with E-state index >= 15 is 0 Å². The zero-order chi connectivity index (χ0) is 17.2. The minimum Gasteiger partial charge on any atom is -0.478 e. The largest absolute Gasteiger partial charge is 0.478 e. The third-order valence-corrected chi connectivity index (χ3v) is 2.60. The molecule has 0 fully saturated rings. The number of ether oxygens (including phenoxy) is 2. The van der Waals surface area contributed by atoms with E-state index in [9.17, 15) is 9.90 Å². The number of hydrogen-bond donors (Lipinski definition) is 3. The van der Waals surface area contributed by atoms with Gasteiger partial charge in [0.25, 0.3) is 0 Å². The number of nitrogens with one attached hydrogen (secondary N) is 2. The molecule has 0 amide bonds. The van der Waals surface area contributed by atoms with Crippen LogP contribution >= 0.6 is 0 Å². The number of rotatable bonds is 10. The van der Waals surface area contributed by atoms with Crippen LogP contribution in [-0.4, -0.2) is 37.1 Å². The Morgan fingerprint density at radius 1 is 1.36 bits per heavy atom. The normalized spacial score (nSPS) is 13.0. The Morgan fingerprint density at radius 2 is 2.00 bits per heavy atom. The van der Waals surface area contributed by atoms with Crippen molar-refractivity contribution in [3.63, 3.8) is 0 Å². The highest BCUT2D eigenvalue weighted by Crippen LogP contribution is 2.15. The van der Waals surface area contributed by atoms with Gasteiger partial charge in [-0.3, -0.25) is 0 Å². The van der Waals surface area contributed by atoms with E-state index in [1.54, 1.807) is 19.2 Å². The average Bonchev–Trinajstić information content (AvgIpc) is 2.45. The van der Waals surface area contributed by atoms with E-state index in [0.29, 0.717) is 6.61 Å². The number of aliphatic hydroxyl groups is 1. The summed E-state index contributed by atoms with van der Waals surface area (Å²) in [6, 6.07) is 0. The van der Waals surface area contributed by atoms with E-state index in [-0.39, 0.29) is 30.6 Å². The average molecular weight is 312 g/mol. The molecule has 0 aliphatic heterocycles. The van der Waals surface area contributed by atoms with Gasteiger partial charge in [-0.05, 0) is 12.8 Å². The second-order valence-electron chi connectivity index (χ2n) is 5.94. The Kier molecular flexibility index (Phi) is 9.17. The molecule has 0 atom stereocenters. The van der Waals surface area contributed by atoms with Crippen molar-refractivity contribution in [3.8, 4) is 0 Å². The SMILES string of the molecule is CCOC(=O)/C(C=N)=C(/N/C=C/C(C)(C)CO)OCC(C)C. The van der Waals surface area contributed by atoms with Crippen molar-refractivity contribution in [2.75, 3.05) is 19.8 Å². The Hall–Kier alpha value is -1.82. The molecule has 6 heteroatoms. The zero-order valence-corrected chi connectivity index (χ0v) is 14.1. The number of carbonyl (C=O) groups excluding carboxylic acids is 1. The van der Waals surface area contributed by atoms with E-state index in [1.165, 1.54) is 0 Å². The molecule has 0 aliphatic carbocycles. The van der Waals surface area contributed by atoms with Crippen molar-refractivity contribution >= 4 is 12.2 Å². The lowest BCUT2D eigenvalue weighted by atomic mass is 9.95. The van der Waals surface area contributed by atoms with Gasteiger partial charge >= 0.3 is 5.97 Å². The quantitative estimate of drug-likeness (QED) is 0.249. The predicted octanol–water partition coefficient (Wildman–Crippen LogP) is 2.21. The van der Waals surface area contributed by atoms with Crippen LogP contribution in [0, 0.1) is 16.7 Å². The lowest BCUT2D eigenvalue weighted by Crippen LogP contribution is -2.22. The minimum absolute atomic E-state index is 0.00756. The Labute approximate surface area is 132 Å². The molecule has 0 heterocycles. The highest BCUT2D eigenvalue weighted by Gasteiger charge is 2.17. The summed E-state index contributed by atoms with van der Waals surface area (Å²) < 4.78 is 10.5. The van der Waals surface area contributed by atoms with E-state index in [4.69, 9.17) is 14.9 Å². The van der Waals surface area contributed by atoms with Crippen molar-refractivity contribution in [1.29, 1.82) is 5.41 Å². The first kappa shape index (κ1) is 20.2. The molecule has 0 unspecified atom stereocenters. The molecular weight excluding hydrogens is 284 g/mol. The van der Waals surface area contributed by atoms with Gasteiger partial charge in [0, 0.05) is 17.8 Å². The van der Waals surface area contributed by atoms with Crippen LogP contribution in [0.3, 0.4) is 0 Å². The zero-order valence-electron chi connectivity index (χ0n) is 14.1. The molecule has 0 rings (SSSR count). The molecule has 0 saturated heterocycles. The molecular formula is C16H28N2O4. The van der Waals surface area contributed by atoms with Gasteiger partial charge < -0.3 is 25.3 Å². The molecule has 0 saturated carbocycles.